The maximum absolute atomic E-state index is 11.2. The topological polar surface area (TPSA) is 131 Å². The first-order chi connectivity index (χ1) is 9.49. The number of nitro groups is 1. The van der Waals surface area contributed by atoms with Crippen molar-refractivity contribution in [2.45, 2.75) is 6.42 Å². The maximum atomic E-state index is 11.2. The number of nitrogens with zero attached hydrogens (tertiary/aromatic N) is 1. The molecule has 0 unspecified atom stereocenters. The number of nitrogens with two attached hydrogens (primary N) is 1. The summed E-state index contributed by atoms with van der Waals surface area (Å²) in [6, 6.07) is 4.94. The van der Waals surface area contributed by atoms with Crippen molar-refractivity contribution in [3.8, 4) is 5.75 Å². The molecule has 0 saturated heterocycles. The maximum Gasteiger partial charge on any atom is 0.513 e. The predicted molar refractivity (Wildman–Crippen MR) is 65.2 cm³/mol. The van der Waals surface area contributed by atoms with E-state index in [1.54, 1.807) is 0 Å². The molecule has 9 nitrogen and oxygen atoms in total. The fourth-order valence-electron chi connectivity index (χ4n) is 1.15. The molecule has 1 aromatic rings. The van der Waals surface area contributed by atoms with Crippen molar-refractivity contribution in [1.29, 1.82) is 0 Å². The second kappa shape index (κ2) is 7.56. The molecule has 20 heavy (non-hydrogen) atoms. The number of ether oxygens (including phenoxy) is 3. The third kappa shape index (κ3) is 5.67. The average Bonchev–Trinajstić information content (AvgIpc) is 2.38. The number of carbonyl (C=O) groups is 2. The number of nitro benzene ring substituents is 1. The molecule has 9 heteroatoms. The van der Waals surface area contributed by atoms with E-state index >= 15 is 0 Å². The summed E-state index contributed by atoms with van der Waals surface area (Å²) in [6.45, 7) is 0.0131. The third-order valence-electron chi connectivity index (χ3n) is 2.00. The summed E-state index contributed by atoms with van der Waals surface area (Å²) in [4.78, 5) is 31.3. The normalized spacial score (nSPS) is 9.60. The van der Waals surface area contributed by atoms with Gasteiger partial charge in [-0.15, -0.1) is 0 Å². The van der Waals surface area contributed by atoms with Crippen LogP contribution in [0.15, 0.2) is 24.3 Å². The van der Waals surface area contributed by atoms with Gasteiger partial charge in [0.2, 0.25) is 0 Å². The lowest BCUT2D eigenvalue weighted by atomic mass is 10.3. The Hall–Kier alpha value is -2.84. The molecular formula is C11H12N2O7. The Balaban J connectivity index is 2.28. The fraction of sp³-hybridized carbons (Fsp3) is 0.273. The number of hydrogen-bond acceptors (Lipinski definition) is 7. The third-order valence-corrected chi connectivity index (χ3v) is 2.00. The number of benzene rings is 1. The SMILES string of the molecule is NC(=O)OCCCOC(=O)Oc1ccc([N+](=O)[O-])cc1. The highest BCUT2D eigenvalue weighted by molar-refractivity contribution is 5.64. The summed E-state index contributed by atoms with van der Waals surface area (Å²) in [5.74, 6) is 0.119. The summed E-state index contributed by atoms with van der Waals surface area (Å²) in [6.07, 6.45) is -1.59. The highest BCUT2D eigenvalue weighted by Crippen LogP contribution is 2.17. The Labute approximate surface area is 113 Å². The van der Waals surface area contributed by atoms with Crippen LogP contribution in [0, 0.1) is 10.1 Å². The molecule has 0 heterocycles. The van der Waals surface area contributed by atoms with E-state index in [9.17, 15) is 19.7 Å². The molecule has 0 aromatic heterocycles. The van der Waals surface area contributed by atoms with Gasteiger partial charge in [0.15, 0.2) is 0 Å². The van der Waals surface area contributed by atoms with Gasteiger partial charge in [-0.3, -0.25) is 10.1 Å². The molecule has 0 aliphatic carbocycles. The van der Waals surface area contributed by atoms with E-state index in [0.29, 0.717) is 0 Å². The Kier molecular flexibility index (Phi) is 5.75. The minimum atomic E-state index is -0.960. The van der Waals surface area contributed by atoms with Gasteiger partial charge in [-0.05, 0) is 12.1 Å². The van der Waals surface area contributed by atoms with Crippen molar-refractivity contribution in [2.24, 2.45) is 5.73 Å². The smallest absolute Gasteiger partial charge is 0.450 e. The zero-order valence-corrected chi connectivity index (χ0v) is 10.3. The molecule has 0 aliphatic heterocycles. The summed E-state index contributed by atoms with van der Waals surface area (Å²) < 4.78 is 13.9. The summed E-state index contributed by atoms with van der Waals surface area (Å²) in [5, 5.41) is 10.4. The van der Waals surface area contributed by atoms with Gasteiger partial charge in [0, 0.05) is 18.6 Å². The van der Waals surface area contributed by atoms with E-state index in [0.717, 1.165) is 0 Å². The molecule has 1 amide bonds. The highest BCUT2D eigenvalue weighted by atomic mass is 16.7. The first-order valence-corrected chi connectivity index (χ1v) is 5.50. The van der Waals surface area contributed by atoms with E-state index < -0.39 is 17.2 Å². The van der Waals surface area contributed by atoms with Crippen LogP contribution in [0.4, 0.5) is 15.3 Å². The zero-order valence-electron chi connectivity index (χ0n) is 10.3. The average molecular weight is 284 g/mol. The number of primary amides is 1. The van der Waals surface area contributed by atoms with E-state index in [2.05, 4.69) is 9.47 Å². The second-order valence-electron chi connectivity index (χ2n) is 3.47. The van der Waals surface area contributed by atoms with Crippen LogP contribution >= 0.6 is 0 Å². The molecule has 108 valence electrons. The van der Waals surface area contributed by atoms with Gasteiger partial charge in [-0.2, -0.15) is 0 Å². The second-order valence-corrected chi connectivity index (χ2v) is 3.47. The predicted octanol–water partition coefficient (Wildman–Crippen LogP) is 1.60. The monoisotopic (exact) mass is 284 g/mol. The van der Waals surface area contributed by atoms with Crippen LogP contribution in [0.5, 0.6) is 5.75 Å². The van der Waals surface area contributed by atoms with Crippen molar-refractivity contribution in [3.63, 3.8) is 0 Å². The van der Waals surface area contributed by atoms with Gasteiger partial charge in [0.25, 0.3) is 5.69 Å². The summed E-state index contributed by atoms with van der Waals surface area (Å²) >= 11 is 0. The van der Waals surface area contributed by atoms with E-state index in [4.69, 9.17) is 10.5 Å². The van der Waals surface area contributed by atoms with Crippen molar-refractivity contribution >= 4 is 17.9 Å². The zero-order chi connectivity index (χ0) is 15.0. The Morgan fingerprint density at radius 3 is 2.30 bits per heavy atom. The lowest BCUT2D eigenvalue weighted by molar-refractivity contribution is -0.384. The van der Waals surface area contributed by atoms with Gasteiger partial charge in [0.1, 0.15) is 5.75 Å². The molecule has 0 fully saturated rings. The van der Waals surface area contributed by atoms with Crippen molar-refractivity contribution in [3.05, 3.63) is 34.4 Å². The molecule has 1 aromatic carbocycles. The first kappa shape index (κ1) is 15.2. The van der Waals surface area contributed by atoms with E-state index in [-0.39, 0.29) is 31.1 Å². The number of rotatable bonds is 6. The summed E-state index contributed by atoms with van der Waals surface area (Å²) in [7, 11) is 0. The molecule has 0 bridgehead atoms. The van der Waals surface area contributed by atoms with Crippen molar-refractivity contribution < 1.29 is 28.7 Å². The van der Waals surface area contributed by atoms with Gasteiger partial charge in [0.05, 0.1) is 18.1 Å². The Morgan fingerprint density at radius 1 is 1.15 bits per heavy atom. The van der Waals surface area contributed by atoms with Crippen molar-refractivity contribution in [2.75, 3.05) is 13.2 Å². The van der Waals surface area contributed by atoms with Crippen LogP contribution < -0.4 is 10.5 Å². The molecule has 0 spiro atoms. The van der Waals surface area contributed by atoms with Gasteiger partial charge < -0.3 is 19.9 Å². The van der Waals surface area contributed by atoms with Crippen LogP contribution in [0.1, 0.15) is 6.42 Å². The molecular weight excluding hydrogens is 272 g/mol. The lowest BCUT2D eigenvalue weighted by Crippen LogP contribution is -2.16. The molecule has 0 radical (unpaired) electrons. The van der Waals surface area contributed by atoms with Gasteiger partial charge in [-0.1, -0.05) is 0 Å². The number of carbonyl (C=O) groups excluding carboxylic acids is 2. The van der Waals surface area contributed by atoms with E-state index in [1.165, 1.54) is 24.3 Å². The van der Waals surface area contributed by atoms with E-state index in [1.807, 2.05) is 0 Å². The van der Waals surface area contributed by atoms with Crippen LogP contribution in [0.2, 0.25) is 0 Å². The van der Waals surface area contributed by atoms with Gasteiger partial charge in [-0.25, -0.2) is 9.59 Å². The Bertz CT molecular complexity index is 486. The number of non-ortho nitro benzene ring substituents is 1. The molecule has 0 atom stereocenters. The fourth-order valence-corrected chi connectivity index (χ4v) is 1.15. The van der Waals surface area contributed by atoms with Crippen molar-refractivity contribution in [1.82, 2.24) is 0 Å². The van der Waals surface area contributed by atoms with Crippen LogP contribution in [0.25, 0.3) is 0 Å². The quantitative estimate of drug-likeness (QED) is 0.276. The standard InChI is InChI=1S/C11H12N2O7/c12-10(14)18-6-1-7-19-11(15)20-9-4-2-8(3-5-9)13(16)17/h2-5H,1,6-7H2,(H2,12,14). The lowest BCUT2D eigenvalue weighted by Gasteiger charge is -2.05. The first-order valence-electron chi connectivity index (χ1n) is 5.50. The number of hydrogen-bond donors (Lipinski definition) is 1. The Morgan fingerprint density at radius 2 is 1.75 bits per heavy atom. The highest BCUT2D eigenvalue weighted by Gasteiger charge is 2.09. The molecule has 0 saturated carbocycles. The van der Waals surface area contributed by atoms with Gasteiger partial charge >= 0.3 is 12.2 Å². The van der Waals surface area contributed by atoms with Crippen LogP contribution in [-0.2, 0) is 9.47 Å². The minimum Gasteiger partial charge on any atom is -0.450 e. The molecule has 0 aliphatic rings. The van der Waals surface area contributed by atoms with Crippen LogP contribution in [0.3, 0.4) is 0 Å². The van der Waals surface area contributed by atoms with Crippen LogP contribution in [-0.4, -0.2) is 30.4 Å². The molecule has 2 N–H and O–H groups in total. The molecule has 1 rings (SSSR count). The minimum absolute atomic E-state index is 0.0148. The number of amides is 1. The summed E-state index contributed by atoms with van der Waals surface area (Å²) in [5.41, 5.74) is 4.61. The largest absolute Gasteiger partial charge is 0.513 e.